The molecular formula is C12H20F2O. The average Bonchev–Trinajstić information content (AvgIpc) is 2.27. The van der Waals surface area contributed by atoms with E-state index in [2.05, 4.69) is 0 Å². The molecule has 4 atom stereocenters. The molecule has 1 nitrogen and oxygen atoms in total. The second-order valence-corrected chi connectivity index (χ2v) is 5.10. The van der Waals surface area contributed by atoms with Crippen LogP contribution in [0.3, 0.4) is 0 Å². The largest absolute Gasteiger partial charge is 0.390 e. The molecule has 88 valence electrons. The molecule has 4 unspecified atom stereocenters. The molecule has 1 N–H and O–H groups in total. The first-order valence-electron chi connectivity index (χ1n) is 6.16. The van der Waals surface area contributed by atoms with Crippen molar-refractivity contribution in [1.29, 1.82) is 0 Å². The Bertz CT molecular complexity index is 202. The molecule has 2 fully saturated rings. The Kier molecular flexibility index (Phi) is 3.60. The van der Waals surface area contributed by atoms with Gasteiger partial charge in [0.25, 0.3) is 0 Å². The number of hydrogen-bond donors (Lipinski definition) is 1. The Balaban J connectivity index is 1.96. The fraction of sp³-hybridized carbons (Fsp3) is 1.00. The molecule has 0 aromatic heterocycles. The van der Waals surface area contributed by atoms with Gasteiger partial charge in [0, 0.05) is 0 Å². The zero-order valence-corrected chi connectivity index (χ0v) is 9.04. The maximum Gasteiger partial charge on any atom is 0.157 e. The second kappa shape index (κ2) is 4.77. The molecule has 2 saturated carbocycles. The summed E-state index contributed by atoms with van der Waals surface area (Å²) in [6, 6.07) is 0. The van der Waals surface area contributed by atoms with E-state index in [0.29, 0.717) is 18.8 Å². The van der Waals surface area contributed by atoms with Gasteiger partial charge in [-0.2, -0.15) is 0 Å². The summed E-state index contributed by atoms with van der Waals surface area (Å²) in [5, 5.41) is 9.25. The zero-order chi connectivity index (χ0) is 10.8. The maximum absolute atomic E-state index is 13.7. The van der Waals surface area contributed by atoms with Crippen LogP contribution in [-0.2, 0) is 0 Å². The lowest BCUT2D eigenvalue weighted by atomic mass is 9.71. The van der Waals surface area contributed by atoms with Gasteiger partial charge in [-0.15, -0.1) is 0 Å². The van der Waals surface area contributed by atoms with Gasteiger partial charge in [0.05, 0.1) is 6.10 Å². The van der Waals surface area contributed by atoms with E-state index in [4.69, 9.17) is 0 Å². The summed E-state index contributed by atoms with van der Waals surface area (Å²) in [5.74, 6) is 0.225. The zero-order valence-electron chi connectivity index (χ0n) is 9.04. The normalized spacial score (nSPS) is 44.2. The Morgan fingerprint density at radius 1 is 0.800 bits per heavy atom. The van der Waals surface area contributed by atoms with Crippen LogP contribution in [0.25, 0.3) is 0 Å². The summed E-state index contributed by atoms with van der Waals surface area (Å²) >= 11 is 0. The van der Waals surface area contributed by atoms with E-state index in [1.165, 1.54) is 6.42 Å². The minimum atomic E-state index is -1.65. The quantitative estimate of drug-likeness (QED) is 0.717. The molecular weight excluding hydrogens is 198 g/mol. The van der Waals surface area contributed by atoms with Crippen LogP contribution < -0.4 is 0 Å². The third-order valence-electron chi connectivity index (χ3n) is 4.13. The summed E-state index contributed by atoms with van der Waals surface area (Å²) in [6.07, 6.45) is 2.60. The molecule has 15 heavy (non-hydrogen) atoms. The van der Waals surface area contributed by atoms with Gasteiger partial charge in [-0.25, -0.2) is 8.78 Å². The monoisotopic (exact) mass is 218 g/mol. The topological polar surface area (TPSA) is 20.2 Å². The van der Waals surface area contributed by atoms with E-state index in [9.17, 15) is 13.9 Å². The van der Waals surface area contributed by atoms with Crippen LogP contribution in [0.4, 0.5) is 8.78 Å². The van der Waals surface area contributed by atoms with Crippen LogP contribution in [0, 0.1) is 11.8 Å². The highest BCUT2D eigenvalue weighted by atomic mass is 19.2. The maximum atomic E-state index is 13.7. The fourth-order valence-corrected chi connectivity index (χ4v) is 3.19. The Morgan fingerprint density at radius 3 is 2.13 bits per heavy atom. The van der Waals surface area contributed by atoms with Gasteiger partial charge < -0.3 is 5.11 Å². The van der Waals surface area contributed by atoms with Crippen LogP contribution >= 0.6 is 0 Å². The number of aliphatic hydroxyl groups excluding tert-OH is 1. The van der Waals surface area contributed by atoms with E-state index in [1.807, 2.05) is 0 Å². The lowest BCUT2D eigenvalue weighted by Crippen LogP contribution is -2.44. The number of hydrogen-bond acceptors (Lipinski definition) is 1. The highest BCUT2D eigenvalue weighted by molar-refractivity contribution is 4.91. The molecule has 0 spiro atoms. The number of alkyl halides is 2. The smallest absolute Gasteiger partial charge is 0.157 e. The first-order chi connectivity index (χ1) is 7.20. The SMILES string of the molecule is OC1CCC(C2CCCCC2)C(F)C1F. The van der Waals surface area contributed by atoms with E-state index in [-0.39, 0.29) is 5.92 Å². The fourth-order valence-electron chi connectivity index (χ4n) is 3.19. The molecule has 0 saturated heterocycles. The molecule has 0 radical (unpaired) electrons. The van der Waals surface area contributed by atoms with Crippen molar-refractivity contribution >= 4 is 0 Å². The standard InChI is InChI=1S/C12H20F2O/c13-11-9(6-7-10(15)12(11)14)8-4-2-1-3-5-8/h8-12,15H,1-7H2. The van der Waals surface area contributed by atoms with Crippen molar-refractivity contribution in [3.63, 3.8) is 0 Å². The lowest BCUT2D eigenvalue weighted by Gasteiger charge is -2.38. The van der Waals surface area contributed by atoms with Gasteiger partial charge in [-0.3, -0.25) is 0 Å². The van der Waals surface area contributed by atoms with Gasteiger partial charge in [0.1, 0.15) is 6.17 Å². The summed E-state index contributed by atoms with van der Waals surface area (Å²) in [7, 11) is 0. The average molecular weight is 218 g/mol. The van der Waals surface area contributed by atoms with Crippen molar-refractivity contribution in [2.45, 2.75) is 63.4 Å². The van der Waals surface area contributed by atoms with Crippen molar-refractivity contribution in [2.24, 2.45) is 11.8 Å². The van der Waals surface area contributed by atoms with Gasteiger partial charge in [-0.05, 0) is 24.7 Å². The minimum Gasteiger partial charge on any atom is -0.390 e. The van der Waals surface area contributed by atoms with E-state index >= 15 is 0 Å². The van der Waals surface area contributed by atoms with E-state index in [0.717, 1.165) is 25.7 Å². The number of rotatable bonds is 1. The highest BCUT2D eigenvalue weighted by Gasteiger charge is 2.42. The predicted molar refractivity (Wildman–Crippen MR) is 55.1 cm³/mol. The Labute approximate surface area is 89.9 Å². The molecule has 2 aliphatic carbocycles. The molecule has 0 heterocycles. The van der Waals surface area contributed by atoms with Crippen LogP contribution in [0.5, 0.6) is 0 Å². The minimum absolute atomic E-state index is 0.135. The summed E-state index contributed by atoms with van der Waals surface area (Å²) < 4.78 is 27.1. The van der Waals surface area contributed by atoms with E-state index < -0.39 is 18.4 Å². The predicted octanol–water partition coefficient (Wildman–Crippen LogP) is 3.01. The van der Waals surface area contributed by atoms with Gasteiger partial charge in [0.15, 0.2) is 6.17 Å². The van der Waals surface area contributed by atoms with Crippen molar-refractivity contribution in [2.75, 3.05) is 0 Å². The summed E-state index contributed by atoms with van der Waals surface area (Å²) in [5.41, 5.74) is 0. The van der Waals surface area contributed by atoms with Crippen LogP contribution in [0.1, 0.15) is 44.9 Å². The van der Waals surface area contributed by atoms with Crippen molar-refractivity contribution in [1.82, 2.24) is 0 Å². The Morgan fingerprint density at radius 2 is 1.47 bits per heavy atom. The third-order valence-corrected chi connectivity index (χ3v) is 4.13. The molecule has 2 aliphatic rings. The number of aliphatic hydroxyl groups is 1. The summed E-state index contributed by atoms with van der Waals surface area (Å²) in [4.78, 5) is 0. The second-order valence-electron chi connectivity index (χ2n) is 5.10. The molecule has 0 bridgehead atoms. The van der Waals surface area contributed by atoms with Crippen LogP contribution in [0.2, 0.25) is 0 Å². The van der Waals surface area contributed by atoms with Crippen molar-refractivity contribution in [3.8, 4) is 0 Å². The molecule has 2 rings (SSSR count). The molecule has 0 aliphatic heterocycles. The highest BCUT2D eigenvalue weighted by Crippen LogP contribution is 2.40. The summed E-state index contributed by atoms with van der Waals surface area (Å²) in [6.45, 7) is 0. The van der Waals surface area contributed by atoms with Gasteiger partial charge in [-0.1, -0.05) is 32.1 Å². The molecule has 3 heteroatoms. The third kappa shape index (κ3) is 2.32. The lowest BCUT2D eigenvalue weighted by molar-refractivity contribution is -0.0530. The molecule has 0 aromatic carbocycles. The van der Waals surface area contributed by atoms with Gasteiger partial charge >= 0.3 is 0 Å². The first-order valence-corrected chi connectivity index (χ1v) is 6.16. The number of halogens is 2. The van der Waals surface area contributed by atoms with E-state index in [1.54, 1.807) is 0 Å². The van der Waals surface area contributed by atoms with Crippen molar-refractivity contribution < 1.29 is 13.9 Å². The Hall–Kier alpha value is -0.180. The van der Waals surface area contributed by atoms with Crippen LogP contribution in [-0.4, -0.2) is 23.6 Å². The van der Waals surface area contributed by atoms with Crippen molar-refractivity contribution in [3.05, 3.63) is 0 Å². The molecule has 0 aromatic rings. The molecule has 0 amide bonds. The van der Waals surface area contributed by atoms with Crippen LogP contribution in [0.15, 0.2) is 0 Å². The first kappa shape index (κ1) is 11.3. The van der Waals surface area contributed by atoms with Gasteiger partial charge in [0.2, 0.25) is 0 Å².